The molecule has 1 fully saturated rings. The van der Waals surface area contributed by atoms with Crippen LogP contribution in [-0.4, -0.2) is 50.4 Å². The third-order valence-corrected chi connectivity index (χ3v) is 6.80. The van der Waals surface area contributed by atoms with Gasteiger partial charge in [0.05, 0.1) is 26.0 Å². The zero-order valence-corrected chi connectivity index (χ0v) is 20.6. The maximum Gasteiger partial charge on any atom is 0.243 e. The van der Waals surface area contributed by atoms with Gasteiger partial charge in [-0.3, -0.25) is 4.79 Å². The quantitative estimate of drug-likeness (QED) is 0.437. The van der Waals surface area contributed by atoms with E-state index in [-0.39, 0.29) is 12.0 Å². The van der Waals surface area contributed by atoms with E-state index in [1.165, 1.54) is 11.3 Å². The number of rotatable bonds is 10. The van der Waals surface area contributed by atoms with Crippen molar-refractivity contribution in [3.63, 3.8) is 0 Å². The molecule has 4 rings (SSSR count). The van der Waals surface area contributed by atoms with E-state index in [4.69, 9.17) is 19.2 Å². The van der Waals surface area contributed by atoms with Crippen molar-refractivity contribution < 1.29 is 19.0 Å². The maximum atomic E-state index is 13.3. The highest BCUT2D eigenvalue weighted by molar-refractivity contribution is 7.14. The molecule has 0 bridgehead atoms. The summed E-state index contributed by atoms with van der Waals surface area (Å²) in [5, 5.41) is 5.88. The number of aromatic nitrogens is 1. The van der Waals surface area contributed by atoms with E-state index in [0.717, 1.165) is 53.0 Å². The van der Waals surface area contributed by atoms with Crippen molar-refractivity contribution in [3.8, 4) is 22.8 Å². The molecule has 0 spiro atoms. The molecule has 1 aromatic heterocycles. The molecule has 2 aromatic carbocycles. The Morgan fingerprint density at radius 1 is 1.15 bits per heavy atom. The van der Waals surface area contributed by atoms with Crippen molar-refractivity contribution in [2.45, 2.75) is 38.3 Å². The molecule has 1 saturated heterocycles. The van der Waals surface area contributed by atoms with Crippen LogP contribution in [0.2, 0.25) is 0 Å². The summed E-state index contributed by atoms with van der Waals surface area (Å²) in [5.74, 6) is 1.53. The van der Waals surface area contributed by atoms with Crippen molar-refractivity contribution in [3.05, 3.63) is 53.9 Å². The number of carbonyl (C=O) groups excluding carboxylic acids is 1. The predicted molar refractivity (Wildman–Crippen MR) is 135 cm³/mol. The van der Waals surface area contributed by atoms with Crippen LogP contribution in [0.3, 0.4) is 0 Å². The Labute approximate surface area is 204 Å². The van der Waals surface area contributed by atoms with Crippen molar-refractivity contribution in [1.29, 1.82) is 0 Å². The predicted octanol–water partition coefficient (Wildman–Crippen LogP) is 5.04. The molecule has 0 saturated carbocycles. The molecule has 180 valence electrons. The largest absolute Gasteiger partial charge is 0.497 e. The van der Waals surface area contributed by atoms with Gasteiger partial charge in [0.15, 0.2) is 5.13 Å². The van der Waals surface area contributed by atoms with Gasteiger partial charge in [0.25, 0.3) is 0 Å². The highest BCUT2D eigenvalue weighted by Crippen LogP contribution is 2.35. The lowest BCUT2D eigenvalue weighted by Crippen LogP contribution is -2.46. The number of methoxy groups -OCH3 is 2. The second-order valence-electron chi connectivity index (χ2n) is 8.12. The van der Waals surface area contributed by atoms with Gasteiger partial charge in [-0.15, -0.1) is 11.3 Å². The first-order valence-corrected chi connectivity index (χ1v) is 12.4. The van der Waals surface area contributed by atoms with Gasteiger partial charge in [0, 0.05) is 29.8 Å². The van der Waals surface area contributed by atoms with Gasteiger partial charge >= 0.3 is 0 Å². The topological polar surface area (TPSA) is 72.9 Å². The molecule has 1 amide bonds. The van der Waals surface area contributed by atoms with Crippen molar-refractivity contribution in [2.75, 3.05) is 32.3 Å². The minimum Gasteiger partial charge on any atom is -0.497 e. The molecule has 0 radical (unpaired) electrons. The van der Waals surface area contributed by atoms with Gasteiger partial charge in [0.1, 0.15) is 17.5 Å². The van der Waals surface area contributed by atoms with Crippen LogP contribution in [0.5, 0.6) is 11.5 Å². The normalized spacial score (nSPS) is 16.1. The lowest BCUT2D eigenvalue weighted by molar-refractivity contribution is -0.122. The van der Waals surface area contributed by atoms with Crippen LogP contribution in [0.4, 0.5) is 10.8 Å². The zero-order valence-electron chi connectivity index (χ0n) is 19.8. The maximum absolute atomic E-state index is 13.3. The van der Waals surface area contributed by atoms with Crippen LogP contribution >= 0.6 is 11.3 Å². The number of carbonyl (C=O) groups is 1. The van der Waals surface area contributed by atoms with Crippen LogP contribution in [0.25, 0.3) is 11.3 Å². The number of anilines is 2. The summed E-state index contributed by atoms with van der Waals surface area (Å²) in [4.78, 5) is 20.2. The first-order chi connectivity index (χ1) is 16.6. The summed E-state index contributed by atoms with van der Waals surface area (Å²) in [6.45, 7) is 3.31. The Balaban J connectivity index is 1.62. The minimum atomic E-state index is -0.412. The number of thiazole rings is 1. The van der Waals surface area contributed by atoms with Crippen LogP contribution < -0.4 is 19.7 Å². The van der Waals surface area contributed by atoms with Crippen LogP contribution in [0, 0.1) is 0 Å². The second-order valence-corrected chi connectivity index (χ2v) is 8.95. The summed E-state index contributed by atoms with van der Waals surface area (Å²) in [5.41, 5.74) is 2.74. The zero-order chi connectivity index (χ0) is 23.9. The Bertz CT molecular complexity index is 1060. The van der Waals surface area contributed by atoms with Crippen LogP contribution in [0.1, 0.15) is 26.2 Å². The van der Waals surface area contributed by atoms with E-state index in [0.29, 0.717) is 13.0 Å². The van der Waals surface area contributed by atoms with Gasteiger partial charge in [-0.1, -0.05) is 6.92 Å². The molecule has 3 aromatic rings. The lowest BCUT2D eigenvalue weighted by Gasteiger charge is -2.30. The monoisotopic (exact) mass is 481 g/mol. The van der Waals surface area contributed by atoms with Crippen molar-refractivity contribution in [1.82, 2.24) is 10.3 Å². The Hall–Kier alpha value is -3.10. The fraction of sp³-hybridized carbons (Fsp3) is 0.385. The highest BCUT2D eigenvalue weighted by Gasteiger charge is 2.29. The molecule has 0 aliphatic carbocycles. The number of hydrogen-bond donors (Lipinski definition) is 1. The first kappa shape index (κ1) is 24.0. The lowest BCUT2D eigenvalue weighted by atomic mass is 10.1. The third-order valence-electron chi connectivity index (χ3n) is 5.96. The molecule has 1 aliphatic heterocycles. The highest BCUT2D eigenvalue weighted by atomic mass is 32.1. The molecule has 1 N–H and O–H groups in total. The van der Waals surface area contributed by atoms with Gasteiger partial charge in [0.2, 0.25) is 5.91 Å². The fourth-order valence-corrected chi connectivity index (χ4v) is 4.96. The molecule has 7 nitrogen and oxygen atoms in total. The molecule has 2 heterocycles. The number of benzene rings is 2. The van der Waals surface area contributed by atoms with E-state index in [1.54, 1.807) is 14.2 Å². The SMILES string of the molecule is CC[C@@H](C(=O)NC[C@@H]1CCCO1)N(c1ccc(OC)cc1)c1nc(-c2ccc(OC)cc2)cs1. The van der Waals surface area contributed by atoms with Crippen molar-refractivity contribution >= 4 is 28.1 Å². The van der Waals surface area contributed by atoms with Gasteiger partial charge in [-0.05, 0) is 67.8 Å². The van der Waals surface area contributed by atoms with Gasteiger partial charge in [-0.25, -0.2) is 4.98 Å². The summed E-state index contributed by atoms with van der Waals surface area (Å²) in [6.07, 6.45) is 2.75. The molecule has 34 heavy (non-hydrogen) atoms. The summed E-state index contributed by atoms with van der Waals surface area (Å²) in [7, 11) is 3.29. The number of ether oxygens (including phenoxy) is 3. The molecule has 2 atom stereocenters. The average Bonchev–Trinajstić information content (AvgIpc) is 3.58. The molecule has 0 unspecified atom stereocenters. The van der Waals surface area contributed by atoms with Crippen LogP contribution in [0.15, 0.2) is 53.9 Å². The number of hydrogen-bond acceptors (Lipinski definition) is 7. The van der Waals surface area contributed by atoms with E-state index < -0.39 is 6.04 Å². The fourth-order valence-electron chi connectivity index (χ4n) is 4.06. The molecular formula is C26H31N3O4S. The van der Waals surface area contributed by atoms with Crippen LogP contribution in [-0.2, 0) is 9.53 Å². The third kappa shape index (κ3) is 5.51. The number of amides is 1. The summed E-state index contributed by atoms with van der Waals surface area (Å²) >= 11 is 1.52. The Kier molecular flexibility index (Phi) is 8.03. The van der Waals surface area contributed by atoms with Crippen molar-refractivity contribution in [2.24, 2.45) is 0 Å². The summed E-state index contributed by atoms with van der Waals surface area (Å²) < 4.78 is 16.3. The van der Waals surface area contributed by atoms with E-state index in [9.17, 15) is 4.79 Å². The average molecular weight is 482 g/mol. The minimum absolute atomic E-state index is 0.0324. The Morgan fingerprint density at radius 2 is 1.82 bits per heavy atom. The summed E-state index contributed by atoms with van der Waals surface area (Å²) in [6, 6.07) is 15.1. The Morgan fingerprint density at radius 3 is 2.41 bits per heavy atom. The molecule has 8 heteroatoms. The molecular weight excluding hydrogens is 450 g/mol. The standard InChI is InChI=1S/C26H31N3O4S/c1-4-24(25(30)27-16-22-6-5-15-33-22)29(19-9-13-21(32-3)14-10-19)26-28-23(17-34-26)18-7-11-20(31-2)12-8-18/h7-14,17,22,24H,4-6,15-16H2,1-3H3,(H,27,30)/t22-,24-/m0/s1. The van der Waals surface area contributed by atoms with E-state index >= 15 is 0 Å². The number of nitrogens with one attached hydrogen (secondary N) is 1. The number of nitrogens with zero attached hydrogens (tertiary/aromatic N) is 2. The van der Waals surface area contributed by atoms with Gasteiger partial charge in [-0.2, -0.15) is 0 Å². The van der Waals surface area contributed by atoms with E-state index in [1.807, 2.05) is 65.7 Å². The second kappa shape index (κ2) is 11.4. The van der Waals surface area contributed by atoms with Gasteiger partial charge < -0.3 is 24.4 Å². The van der Waals surface area contributed by atoms with E-state index in [2.05, 4.69) is 5.32 Å². The molecule has 1 aliphatic rings. The first-order valence-electron chi connectivity index (χ1n) is 11.6. The smallest absolute Gasteiger partial charge is 0.243 e.